The van der Waals surface area contributed by atoms with Crippen molar-refractivity contribution in [1.29, 1.82) is 0 Å². The van der Waals surface area contributed by atoms with E-state index in [0.29, 0.717) is 24.6 Å². The van der Waals surface area contributed by atoms with E-state index in [1.165, 1.54) is 35.2 Å². The molecular weight excluding hydrogens is 500 g/mol. The third-order valence-corrected chi connectivity index (χ3v) is 6.15. The molecule has 3 aromatic rings. The lowest BCUT2D eigenvalue weighted by Gasteiger charge is -2.36. The molecule has 0 aliphatic carbocycles. The van der Waals surface area contributed by atoms with Crippen molar-refractivity contribution in [2.24, 2.45) is 0 Å². The van der Waals surface area contributed by atoms with Crippen LogP contribution >= 0.6 is 0 Å². The van der Waals surface area contributed by atoms with E-state index in [9.17, 15) is 31.1 Å². The number of hydrogen-bond acceptors (Lipinski definition) is 4. The number of hydrogen-bond donors (Lipinski definition) is 1. The molecule has 6 nitrogen and oxygen atoms in total. The van der Waals surface area contributed by atoms with Crippen LogP contribution in [0.4, 0.5) is 42.6 Å². The summed E-state index contributed by atoms with van der Waals surface area (Å²) in [5.74, 6) is 0.676. The zero-order valence-corrected chi connectivity index (χ0v) is 19.9. The second-order valence-corrected chi connectivity index (χ2v) is 8.61. The molecule has 1 fully saturated rings. The van der Waals surface area contributed by atoms with E-state index < -0.39 is 29.5 Å². The summed E-state index contributed by atoms with van der Waals surface area (Å²) in [7, 11) is 0. The third-order valence-electron chi connectivity index (χ3n) is 6.15. The van der Waals surface area contributed by atoms with Crippen LogP contribution in [0.15, 0.2) is 48.5 Å². The molecule has 0 saturated carbocycles. The van der Waals surface area contributed by atoms with Crippen LogP contribution in [0.3, 0.4) is 0 Å². The van der Waals surface area contributed by atoms with Crippen LogP contribution in [-0.4, -0.2) is 47.1 Å². The first kappa shape index (κ1) is 26.2. The minimum Gasteiger partial charge on any atom is -0.353 e. The van der Waals surface area contributed by atoms with Crippen molar-refractivity contribution in [1.82, 2.24) is 14.9 Å². The summed E-state index contributed by atoms with van der Waals surface area (Å²) in [6.07, 6.45) is -9.11. The number of halogens is 6. The van der Waals surface area contributed by atoms with Gasteiger partial charge in [0.05, 0.1) is 16.8 Å². The zero-order chi connectivity index (χ0) is 27.0. The Bertz CT molecular complexity index is 1300. The molecule has 1 aliphatic rings. The van der Waals surface area contributed by atoms with Crippen LogP contribution in [0, 0.1) is 13.8 Å². The Balaban J connectivity index is 1.50. The first-order valence-electron chi connectivity index (χ1n) is 11.3. The first-order chi connectivity index (χ1) is 17.3. The Morgan fingerprint density at radius 1 is 0.865 bits per heavy atom. The number of amides is 2. The molecule has 0 spiro atoms. The maximum atomic E-state index is 13.2. The molecule has 0 radical (unpaired) electrons. The van der Waals surface area contributed by atoms with Crippen molar-refractivity contribution in [3.63, 3.8) is 0 Å². The highest BCUT2D eigenvalue weighted by Gasteiger charge is 2.34. The van der Waals surface area contributed by atoms with Gasteiger partial charge in [0.15, 0.2) is 5.82 Å². The third kappa shape index (κ3) is 5.78. The molecule has 196 valence electrons. The van der Waals surface area contributed by atoms with E-state index in [0.717, 1.165) is 23.8 Å². The maximum absolute atomic E-state index is 13.2. The van der Waals surface area contributed by atoms with Crippen LogP contribution in [-0.2, 0) is 12.4 Å². The summed E-state index contributed by atoms with van der Waals surface area (Å²) in [4.78, 5) is 24.9. The number of aryl methyl sites for hydroxylation is 1. The number of para-hydroxylation sites is 1. The Morgan fingerprint density at radius 2 is 1.54 bits per heavy atom. The topological polar surface area (TPSA) is 61.4 Å². The smallest absolute Gasteiger partial charge is 0.353 e. The molecule has 1 saturated heterocycles. The highest BCUT2D eigenvalue weighted by atomic mass is 19.4. The molecule has 12 heteroatoms. The number of piperazine rings is 1. The molecule has 37 heavy (non-hydrogen) atoms. The van der Waals surface area contributed by atoms with Gasteiger partial charge in [0.1, 0.15) is 5.82 Å². The molecule has 1 aliphatic heterocycles. The number of alkyl halides is 6. The molecular formula is C25H23F6N5O. The van der Waals surface area contributed by atoms with Crippen LogP contribution in [0.25, 0.3) is 11.4 Å². The molecule has 1 aromatic heterocycles. The Labute approximate surface area is 208 Å². The molecule has 2 heterocycles. The van der Waals surface area contributed by atoms with Crippen LogP contribution in [0.1, 0.15) is 22.4 Å². The number of nitrogens with one attached hydrogen (secondary N) is 1. The number of anilines is 2. The van der Waals surface area contributed by atoms with Gasteiger partial charge in [-0.25, -0.2) is 14.8 Å². The summed E-state index contributed by atoms with van der Waals surface area (Å²) in [6.45, 7) is 4.61. The van der Waals surface area contributed by atoms with Gasteiger partial charge in [0, 0.05) is 43.0 Å². The lowest BCUT2D eigenvalue weighted by Crippen LogP contribution is -2.50. The average molecular weight is 523 g/mol. The second kappa shape index (κ2) is 9.91. The van der Waals surface area contributed by atoms with E-state index in [-0.39, 0.29) is 30.2 Å². The number of nitrogens with zero attached hydrogens (tertiary/aromatic N) is 4. The van der Waals surface area contributed by atoms with Gasteiger partial charge in [-0.3, -0.25) is 0 Å². The van der Waals surface area contributed by atoms with Crippen LogP contribution < -0.4 is 10.2 Å². The molecule has 0 atom stereocenters. The maximum Gasteiger partial charge on any atom is 0.418 e. The standard InChI is InChI=1S/C25H23F6N5O/c1-15-16(2)32-21(17-6-5-7-18(14-17)24(26,27)28)34-22(15)35-10-12-36(13-11-35)23(37)33-20-9-4-3-8-19(20)25(29,30)31/h3-9,14H,10-13H2,1-2H3,(H,33,37). The molecule has 4 rings (SSSR count). The van der Waals surface area contributed by atoms with Gasteiger partial charge in [0.2, 0.25) is 0 Å². The van der Waals surface area contributed by atoms with Crippen molar-refractivity contribution in [2.75, 3.05) is 36.4 Å². The van der Waals surface area contributed by atoms with Crippen LogP contribution in [0.5, 0.6) is 0 Å². The fraction of sp³-hybridized carbons (Fsp3) is 0.320. The normalized spacial score (nSPS) is 14.6. The van der Waals surface area contributed by atoms with E-state index in [1.807, 2.05) is 4.90 Å². The number of urea groups is 1. The molecule has 2 amide bonds. The highest BCUT2D eigenvalue weighted by molar-refractivity contribution is 5.90. The van der Waals surface area contributed by atoms with E-state index in [2.05, 4.69) is 15.3 Å². The minimum atomic E-state index is -4.61. The fourth-order valence-electron chi connectivity index (χ4n) is 4.04. The zero-order valence-electron chi connectivity index (χ0n) is 19.9. The largest absolute Gasteiger partial charge is 0.418 e. The van der Waals surface area contributed by atoms with E-state index in [4.69, 9.17) is 0 Å². The van der Waals surface area contributed by atoms with Crippen molar-refractivity contribution < 1.29 is 31.1 Å². The minimum absolute atomic E-state index is 0.146. The predicted octanol–water partition coefficient (Wildman–Crippen LogP) is 6.15. The molecule has 0 bridgehead atoms. The van der Waals surface area contributed by atoms with Gasteiger partial charge in [0.25, 0.3) is 0 Å². The number of rotatable bonds is 3. The van der Waals surface area contributed by atoms with Gasteiger partial charge in [-0.2, -0.15) is 26.3 Å². The predicted molar refractivity (Wildman–Crippen MR) is 126 cm³/mol. The summed E-state index contributed by atoms with van der Waals surface area (Å²) in [5, 5.41) is 2.34. The van der Waals surface area contributed by atoms with Crippen molar-refractivity contribution in [2.45, 2.75) is 26.2 Å². The van der Waals surface area contributed by atoms with Crippen molar-refractivity contribution in [3.05, 3.63) is 70.9 Å². The summed E-state index contributed by atoms with van der Waals surface area (Å²) < 4.78 is 79.3. The number of aromatic nitrogens is 2. The SMILES string of the molecule is Cc1nc(-c2cccc(C(F)(F)F)c2)nc(N2CCN(C(=O)Nc3ccccc3C(F)(F)F)CC2)c1C. The molecule has 2 aromatic carbocycles. The fourth-order valence-corrected chi connectivity index (χ4v) is 4.04. The molecule has 1 N–H and O–H groups in total. The molecule has 0 unspecified atom stereocenters. The summed E-state index contributed by atoms with van der Waals surface area (Å²) >= 11 is 0. The quantitative estimate of drug-likeness (QED) is 0.419. The average Bonchev–Trinajstić information content (AvgIpc) is 2.85. The van der Waals surface area contributed by atoms with Gasteiger partial charge in [-0.05, 0) is 38.1 Å². The summed E-state index contributed by atoms with van der Waals surface area (Å²) in [6, 6.07) is 8.86. The van der Waals surface area contributed by atoms with Gasteiger partial charge in [-0.15, -0.1) is 0 Å². The number of carbonyl (C=O) groups is 1. The van der Waals surface area contributed by atoms with Crippen molar-refractivity contribution in [3.8, 4) is 11.4 Å². The lowest BCUT2D eigenvalue weighted by atomic mass is 10.1. The Morgan fingerprint density at radius 3 is 2.19 bits per heavy atom. The highest BCUT2D eigenvalue weighted by Crippen LogP contribution is 2.35. The summed E-state index contributed by atoms with van der Waals surface area (Å²) in [5.41, 5.74) is -0.499. The number of benzene rings is 2. The van der Waals surface area contributed by atoms with Gasteiger partial charge >= 0.3 is 18.4 Å². The van der Waals surface area contributed by atoms with Gasteiger partial charge in [-0.1, -0.05) is 24.3 Å². The van der Waals surface area contributed by atoms with Gasteiger partial charge < -0.3 is 15.1 Å². The van der Waals surface area contributed by atoms with E-state index in [1.54, 1.807) is 13.8 Å². The number of carbonyl (C=O) groups excluding carboxylic acids is 1. The first-order valence-corrected chi connectivity index (χ1v) is 11.3. The van der Waals surface area contributed by atoms with Crippen molar-refractivity contribution >= 4 is 17.5 Å². The van der Waals surface area contributed by atoms with E-state index >= 15 is 0 Å². The monoisotopic (exact) mass is 523 g/mol. The lowest BCUT2D eigenvalue weighted by molar-refractivity contribution is -0.138. The Hall–Kier alpha value is -3.83. The Kier molecular flexibility index (Phi) is 7.03. The second-order valence-electron chi connectivity index (χ2n) is 8.61. The van der Waals surface area contributed by atoms with Crippen LogP contribution in [0.2, 0.25) is 0 Å².